The van der Waals surface area contributed by atoms with Crippen LogP contribution in [0.5, 0.6) is 0 Å². The molecule has 1 atom stereocenters. The number of hydrogen-bond donors (Lipinski definition) is 1. The van der Waals surface area contributed by atoms with E-state index in [2.05, 4.69) is 15.9 Å². The van der Waals surface area contributed by atoms with Gasteiger partial charge in [-0.15, -0.1) is 0 Å². The highest BCUT2D eigenvalue weighted by molar-refractivity contribution is 9.10. The van der Waals surface area contributed by atoms with Gasteiger partial charge >= 0.3 is 0 Å². The van der Waals surface area contributed by atoms with Crippen LogP contribution >= 0.6 is 27.5 Å². The van der Waals surface area contributed by atoms with Gasteiger partial charge < -0.3 is 5.11 Å². The summed E-state index contributed by atoms with van der Waals surface area (Å²) in [6.45, 7) is 0. The van der Waals surface area contributed by atoms with Gasteiger partial charge in [0, 0.05) is 22.0 Å². The number of aliphatic hydroxyl groups excluding tert-OH is 1. The Labute approximate surface area is 123 Å². The Kier molecular flexibility index (Phi) is 4.55. The van der Waals surface area contributed by atoms with Gasteiger partial charge in [0.05, 0.1) is 6.10 Å². The lowest BCUT2D eigenvalue weighted by Gasteiger charge is -2.12. The second-order valence-corrected chi connectivity index (χ2v) is 5.48. The highest BCUT2D eigenvalue weighted by Crippen LogP contribution is 2.27. The van der Waals surface area contributed by atoms with Crippen LogP contribution in [0.15, 0.2) is 40.9 Å². The molecule has 0 heterocycles. The van der Waals surface area contributed by atoms with E-state index in [-0.39, 0.29) is 12.0 Å². The largest absolute Gasteiger partial charge is 0.388 e. The zero-order valence-electron chi connectivity index (χ0n) is 9.71. The lowest BCUT2D eigenvalue weighted by Crippen LogP contribution is -2.03. The van der Waals surface area contributed by atoms with E-state index in [0.29, 0.717) is 10.6 Å². The third-order valence-electron chi connectivity index (χ3n) is 2.70. The highest BCUT2D eigenvalue weighted by atomic mass is 79.9. The normalized spacial score (nSPS) is 12.5. The third kappa shape index (κ3) is 3.75. The summed E-state index contributed by atoms with van der Waals surface area (Å²) in [7, 11) is 0. The molecule has 1 N–H and O–H groups in total. The molecule has 1 unspecified atom stereocenters. The quantitative estimate of drug-likeness (QED) is 0.856. The first kappa shape index (κ1) is 14.4. The fraction of sp³-hybridized carbons (Fsp3) is 0.143. The molecule has 0 aromatic heterocycles. The average molecular weight is 348 g/mol. The summed E-state index contributed by atoms with van der Waals surface area (Å²) >= 11 is 9.31. The summed E-state index contributed by atoms with van der Waals surface area (Å²) < 4.78 is 27.0. The van der Waals surface area contributed by atoms with Crippen LogP contribution in [0, 0.1) is 11.6 Å². The maximum Gasteiger partial charge on any atom is 0.126 e. The fourth-order valence-corrected chi connectivity index (χ4v) is 2.53. The van der Waals surface area contributed by atoms with Gasteiger partial charge in [0.2, 0.25) is 0 Å². The van der Waals surface area contributed by atoms with Crippen molar-refractivity contribution in [2.45, 2.75) is 12.5 Å². The minimum absolute atomic E-state index is 0.189. The number of aliphatic hydroxyl groups is 1. The van der Waals surface area contributed by atoms with Crippen LogP contribution in [-0.2, 0) is 6.42 Å². The van der Waals surface area contributed by atoms with Crippen LogP contribution in [0.1, 0.15) is 17.2 Å². The molecular weight excluding hydrogens is 338 g/mol. The van der Waals surface area contributed by atoms with Crippen molar-refractivity contribution in [2.24, 2.45) is 0 Å². The Balaban J connectivity index is 2.22. The molecule has 0 saturated heterocycles. The molecule has 2 rings (SSSR count). The van der Waals surface area contributed by atoms with Crippen molar-refractivity contribution in [3.63, 3.8) is 0 Å². The number of hydrogen-bond acceptors (Lipinski definition) is 1. The summed E-state index contributed by atoms with van der Waals surface area (Å²) in [6, 6.07) is 8.24. The van der Waals surface area contributed by atoms with Gasteiger partial charge in [-0.05, 0) is 35.4 Å². The van der Waals surface area contributed by atoms with Gasteiger partial charge in [-0.1, -0.05) is 33.6 Å². The van der Waals surface area contributed by atoms with Crippen LogP contribution < -0.4 is 0 Å². The second kappa shape index (κ2) is 5.99. The minimum Gasteiger partial charge on any atom is -0.388 e. The molecule has 0 fully saturated rings. The van der Waals surface area contributed by atoms with E-state index in [1.54, 1.807) is 18.2 Å². The SMILES string of the molecule is OC(Cc1ccc(Br)cc1Cl)c1cc(F)cc(F)c1. The van der Waals surface area contributed by atoms with Crippen LogP contribution in [0.4, 0.5) is 8.78 Å². The van der Waals surface area contributed by atoms with E-state index >= 15 is 0 Å². The Morgan fingerprint density at radius 3 is 2.32 bits per heavy atom. The van der Waals surface area contributed by atoms with Crippen molar-refractivity contribution in [3.05, 3.63) is 68.7 Å². The molecule has 100 valence electrons. The molecule has 1 nitrogen and oxygen atoms in total. The monoisotopic (exact) mass is 346 g/mol. The Bertz CT molecular complexity index is 584. The standard InChI is InChI=1S/C14H10BrClF2O/c15-10-2-1-8(13(16)6-10)5-14(19)9-3-11(17)7-12(18)4-9/h1-4,6-7,14,19H,5H2. The van der Waals surface area contributed by atoms with Crippen molar-refractivity contribution in [2.75, 3.05) is 0 Å². The van der Waals surface area contributed by atoms with Crippen LogP contribution in [0.25, 0.3) is 0 Å². The van der Waals surface area contributed by atoms with Gasteiger partial charge in [-0.3, -0.25) is 0 Å². The summed E-state index contributed by atoms with van der Waals surface area (Å²) in [5.74, 6) is -1.42. The van der Waals surface area contributed by atoms with Crippen molar-refractivity contribution in [3.8, 4) is 0 Å². The molecule has 0 radical (unpaired) electrons. The molecule has 0 aliphatic heterocycles. The number of halogens is 4. The van der Waals surface area contributed by atoms with Crippen molar-refractivity contribution in [1.82, 2.24) is 0 Å². The average Bonchev–Trinajstić information content (AvgIpc) is 2.31. The Morgan fingerprint density at radius 2 is 1.74 bits per heavy atom. The van der Waals surface area contributed by atoms with E-state index in [1.807, 2.05) is 0 Å². The lowest BCUT2D eigenvalue weighted by atomic mass is 10.0. The molecular formula is C14H10BrClF2O. The minimum atomic E-state index is -1.01. The zero-order chi connectivity index (χ0) is 14.0. The predicted octanol–water partition coefficient (Wildman–Crippen LogP) is 4.66. The van der Waals surface area contributed by atoms with Gasteiger partial charge in [-0.2, -0.15) is 0 Å². The molecule has 0 saturated carbocycles. The topological polar surface area (TPSA) is 20.2 Å². The Hall–Kier alpha value is -0.970. The molecule has 0 bridgehead atoms. The predicted molar refractivity (Wildman–Crippen MR) is 74.2 cm³/mol. The first-order chi connectivity index (χ1) is 8.95. The highest BCUT2D eigenvalue weighted by Gasteiger charge is 2.13. The summed E-state index contributed by atoms with van der Waals surface area (Å²) in [5.41, 5.74) is 0.901. The van der Waals surface area contributed by atoms with Crippen molar-refractivity contribution < 1.29 is 13.9 Å². The van der Waals surface area contributed by atoms with E-state index in [9.17, 15) is 13.9 Å². The van der Waals surface area contributed by atoms with Crippen LogP contribution in [0.2, 0.25) is 5.02 Å². The van der Waals surface area contributed by atoms with Gasteiger partial charge in [0.15, 0.2) is 0 Å². The first-order valence-electron chi connectivity index (χ1n) is 5.53. The van der Waals surface area contributed by atoms with E-state index < -0.39 is 17.7 Å². The molecule has 2 aromatic rings. The lowest BCUT2D eigenvalue weighted by molar-refractivity contribution is 0.177. The fourth-order valence-electron chi connectivity index (χ4n) is 1.78. The van der Waals surface area contributed by atoms with Gasteiger partial charge in [-0.25, -0.2) is 8.78 Å². The zero-order valence-corrected chi connectivity index (χ0v) is 12.0. The summed E-state index contributed by atoms with van der Waals surface area (Å²) in [4.78, 5) is 0. The molecule has 0 amide bonds. The van der Waals surface area contributed by atoms with E-state index in [4.69, 9.17) is 11.6 Å². The van der Waals surface area contributed by atoms with Crippen molar-refractivity contribution in [1.29, 1.82) is 0 Å². The summed E-state index contributed by atoms with van der Waals surface area (Å²) in [5, 5.41) is 10.5. The second-order valence-electron chi connectivity index (χ2n) is 4.16. The van der Waals surface area contributed by atoms with E-state index in [0.717, 1.165) is 22.7 Å². The number of rotatable bonds is 3. The van der Waals surface area contributed by atoms with Crippen LogP contribution in [0.3, 0.4) is 0 Å². The van der Waals surface area contributed by atoms with Crippen molar-refractivity contribution >= 4 is 27.5 Å². The smallest absolute Gasteiger partial charge is 0.126 e. The maximum atomic E-state index is 13.1. The van der Waals surface area contributed by atoms with Gasteiger partial charge in [0.25, 0.3) is 0 Å². The summed E-state index contributed by atoms with van der Waals surface area (Å²) in [6.07, 6.45) is -0.821. The molecule has 5 heteroatoms. The molecule has 2 aromatic carbocycles. The van der Waals surface area contributed by atoms with E-state index in [1.165, 1.54) is 0 Å². The molecule has 0 spiro atoms. The maximum absolute atomic E-state index is 13.1. The first-order valence-corrected chi connectivity index (χ1v) is 6.71. The molecule has 0 aliphatic rings. The molecule has 0 aliphatic carbocycles. The third-order valence-corrected chi connectivity index (χ3v) is 3.54. The Morgan fingerprint density at radius 1 is 1.11 bits per heavy atom. The number of benzene rings is 2. The van der Waals surface area contributed by atoms with Gasteiger partial charge in [0.1, 0.15) is 11.6 Å². The molecule has 19 heavy (non-hydrogen) atoms. The van der Waals surface area contributed by atoms with Crippen LogP contribution in [-0.4, -0.2) is 5.11 Å².